The standard InChI is InChI=1S/C22H28N2O5/c1-27-19-9-15-5-8-24(12-16(15)10-20(19)28-2)13-17-11-18(25)22(26)21(29-17)14-23-6-3-4-7-23/h9-11,26H,3-8,12-14H2,1-2H3. The van der Waals surface area contributed by atoms with Crippen molar-refractivity contribution < 1.29 is 19.0 Å². The van der Waals surface area contributed by atoms with Crippen LogP contribution in [-0.4, -0.2) is 48.8 Å². The molecule has 156 valence electrons. The largest absolute Gasteiger partial charge is 0.502 e. The van der Waals surface area contributed by atoms with Gasteiger partial charge < -0.3 is 19.0 Å². The van der Waals surface area contributed by atoms with Gasteiger partial charge in [0.15, 0.2) is 17.3 Å². The van der Waals surface area contributed by atoms with Gasteiger partial charge in [0.05, 0.1) is 27.3 Å². The Hall–Kier alpha value is -2.51. The number of nitrogens with zero attached hydrogens (tertiary/aromatic N) is 2. The molecule has 7 nitrogen and oxygen atoms in total. The number of likely N-dealkylation sites (tertiary alicyclic amines) is 1. The lowest BCUT2D eigenvalue weighted by Crippen LogP contribution is -2.30. The number of benzene rings is 1. The predicted octanol–water partition coefficient (Wildman–Crippen LogP) is 2.52. The fourth-order valence-corrected chi connectivity index (χ4v) is 4.21. The second-order valence-corrected chi connectivity index (χ2v) is 7.77. The molecular formula is C22H28N2O5. The van der Waals surface area contributed by atoms with Crippen molar-refractivity contribution in [2.24, 2.45) is 0 Å². The molecule has 0 amide bonds. The Balaban J connectivity index is 1.51. The second-order valence-electron chi connectivity index (χ2n) is 7.77. The van der Waals surface area contributed by atoms with Crippen LogP contribution in [-0.2, 0) is 26.1 Å². The highest BCUT2D eigenvalue weighted by Gasteiger charge is 2.22. The third-order valence-corrected chi connectivity index (χ3v) is 5.79. The molecule has 1 fully saturated rings. The van der Waals surface area contributed by atoms with Crippen LogP contribution in [0, 0.1) is 0 Å². The molecule has 0 spiro atoms. The van der Waals surface area contributed by atoms with E-state index in [1.807, 2.05) is 12.1 Å². The quantitative estimate of drug-likeness (QED) is 0.799. The van der Waals surface area contributed by atoms with Crippen LogP contribution < -0.4 is 14.9 Å². The first kappa shape index (κ1) is 19.8. The third-order valence-electron chi connectivity index (χ3n) is 5.79. The van der Waals surface area contributed by atoms with Gasteiger partial charge in [-0.1, -0.05) is 0 Å². The minimum Gasteiger partial charge on any atom is -0.502 e. The summed E-state index contributed by atoms with van der Waals surface area (Å²) in [7, 11) is 3.28. The molecule has 1 N–H and O–H groups in total. The Morgan fingerprint density at radius 1 is 0.966 bits per heavy atom. The monoisotopic (exact) mass is 400 g/mol. The number of methoxy groups -OCH3 is 2. The van der Waals surface area contributed by atoms with Gasteiger partial charge in [0.1, 0.15) is 5.76 Å². The molecule has 4 rings (SSSR count). The van der Waals surface area contributed by atoms with Crippen LogP contribution in [0.4, 0.5) is 0 Å². The van der Waals surface area contributed by atoms with Crippen LogP contribution >= 0.6 is 0 Å². The van der Waals surface area contributed by atoms with Gasteiger partial charge in [-0.25, -0.2) is 0 Å². The van der Waals surface area contributed by atoms with Gasteiger partial charge in [-0.15, -0.1) is 0 Å². The fourth-order valence-electron chi connectivity index (χ4n) is 4.21. The van der Waals surface area contributed by atoms with Crippen molar-refractivity contribution >= 4 is 0 Å². The molecule has 2 aromatic rings. The van der Waals surface area contributed by atoms with Crippen LogP contribution in [0.2, 0.25) is 0 Å². The normalized spacial score (nSPS) is 17.3. The molecule has 2 aliphatic rings. The van der Waals surface area contributed by atoms with E-state index in [9.17, 15) is 9.90 Å². The van der Waals surface area contributed by atoms with Crippen molar-refractivity contribution in [3.8, 4) is 17.2 Å². The van der Waals surface area contributed by atoms with Gasteiger partial charge >= 0.3 is 0 Å². The Labute approximate surface area is 170 Å². The van der Waals surface area contributed by atoms with E-state index in [-0.39, 0.29) is 11.2 Å². The van der Waals surface area contributed by atoms with Crippen LogP contribution in [0.1, 0.15) is 35.5 Å². The Kier molecular flexibility index (Phi) is 5.78. The molecule has 2 aliphatic heterocycles. The predicted molar refractivity (Wildman–Crippen MR) is 109 cm³/mol. The number of hydrogen-bond acceptors (Lipinski definition) is 7. The van der Waals surface area contributed by atoms with Crippen LogP contribution in [0.5, 0.6) is 17.2 Å². The lowest BCUT2D eigenvalue weighted by atomic mass is 9.98. The Morgan fingerprint density at radius 2 is 1.66 bits per heavy atom. The maximum atomic E-state index is 12.3. The first-order chi connectivity index (χ1) is 14.1. The molecule has 3 heterocycles. The molecule has 0 saturated carbocycles. The molecule has 0 radical (unpaired) electrons. The number of aromatic hydroxyl groups is 1. The van der Waals surface area contributed by atoms with Crippen LogP contribution in [0.3, 0.4) is 0 Å². The third kappa shape index (κ3) is 4.26. The van der Waals surface area contributed by atoms with E-state index >= 15 is 0 Å². The molecule has 1 aromatic heterocycles. The lowest BCUT2D eigenvalue weighted by molar-refractivity contribution is 0.210. The van der Waals surface area contributed by atoms with Crippen molar-refractivity contribution in [3.05, 3.63) is 51.1 Å². The lowest BCUT2D eigenvalue weighted by Gasteiger charge is -2.29. The summed E-state index contributed by atoms with van der Waals surface area (Å²) in [6, 6.07) is 5.47. The summed E-state index contributed by atoms with van der Waals surface area (Å²) in [4.78, 5) is 16.7. The molecule has 0 unspecified atom stereocenters. The number of ether oxygens (including phenoxy) is 2. The molecule has 7 heteroatoms. The highest BCUT2D eigenvalue weighted by atomic mass is 16.5. The smallest absolute Gasteiger partial charge is 0.227 e. The number of rotatable bonds is 6. The Bertz CT molecular complexity index is 934. The molecule has 0 bridgehead atoms. The maximum Gasteiger partial charge on any atom is 0.227 e. The van der Waals surface area contributed by atoms with E-state index in [2.05, 4.69) is 9.80 Å². The average Bonchev–Trinajstić information content (AvgIpc) is 3.23. The minimum absolute atomic E-state index is 0.263. The Morgan fingerprint density at radius 3 is 2.34 bits per heavy atom. The number of hydrogen-bond donors (Lipinski definition) is 1. The molecule has 0 aliphatic carbocycles. The zero-order valence-corrected chi connectivity index (χ0v) is 17.1. The zero-order valence-electron chi connectivity index (χ0n) is 17.1. The van der Waals surface area contributed by atoms with Gasteiger partial charge in [-0.3, -0.25) is 14.6 Å². The first-order valence-corrected chi connectivity index (χ1v) is 10.1. The summed E-state index contributed by atoms with van der Waals surface area (Å²) in [5.74, 6) is 2.17. The minimum atomic E-state index is -0.371. The van der Waals surface area contributed by atoms with Crippen molar-refractivity contribution in [3.63, 3.8) is 0 Å². The fraction of sp³-hybridized carbons (Fsp3) is 0.500. The van der Waals surface area contributed by atoms with E-state index in [0.29, 0.717) is 24.6 Å². The summed E-state index contributed by atoms with van der Waals surface area (Å²) in [5, 5.41) is 10.2. The van der Waals surface area contributed by atoms with Gasteiger partial charge in [-0.05, 0) is 55.6 Å². The maximum absolute atomic E-state index is 12.3. The summed E-state index contributed by atoms with van der Waals surface area (Å²) >= 11 is 0. The van der Waals surface area contributed by atoms with E-state index in [0.717, 1.165) is 56.9 Å². The first-order valence-electron chi connectivity index (χ1n) is 10.1. The highest BCUT2D eigenvalue weighted by Crippen LogP contribution is 2.33. The zero-order chi connectivity index (χ0) is 20.4. The SMILES string of the molecule is COc1cc2c(cc1OC)CN(Cc1cc(=O)c(O)c(CN3CCCC3)o1)CC2. The number of fused-ring (bicyclic) bond motifs is 1. The van der Waals surface area contributed by atoms with Gasteiger partial charge in [0.2, 0.25) is 11.2 Å². The highest BCUT2D eigenvalue weighted by molar-refractivity contribution is 5.48. The molecule has 1 saturated heterocycles. The van der Waals surface area contributed by atoms with Gasteiger partial charge in [0.25, 0.3) is 0 Å². The van der Waals surface area contributed by atoms with E-state index in [1.165, 1.54) is 17.2 Å². The van der Waals surface area contributed by atoms with Gasteiger partial charge in [0, 0.05) is 19.2 Å². The summed E-state index contributed by atoms with van der Waals surface area (Å²) in [6.07, 6.45) is 3.18. The average molecular weight is 400 g/mol. The van der Waals surface area contributed by atoms with Gasteiger partial charge in [-0.2, -0.15) is 0 Å². The molecular weight excluding hydrogens is 372 g/mol. The van der Waals surface area contributed by atoms with Crippen LogP contribution in [0.15, 0.2) is 27.4 Å². The van der Waals surface area contributed by atoms with E-state index in [1.54, 1.807) is 14.2 Å². The second kappa shape index (κ2) is 8.47. The van der Waals surface area contributed by atoms with Crippen molar-refractivity contribution in [1.82, 2.24) is 9.80 Å². The summed E-state index contributed by atoms with van der Waals surface area (Å²) < 4.78 is 16.8. The van der Waals surface area contributed by atoms with Crippen LogP contribution in [0.25, 0.3) is 0 Å². The van der Waals surface area contributed by atoms with Crippen molar-refractivity contribution in [1.29, 1.82) is 0 Å². The van der Waals surface area contributed by atoms with E-state index < -0.39 is 0 Å². The summed E-state index contributed by atoms with van der Waals surface area (Å²) in [5.41, 5.74) is 2.07. The molecule has 1 aromatic carbocycles. The molecule has 0 atom stereocenters. The van der Waals surface area contributed by atoms with Crippen molar-refractivity contribution in [2.75, 3.05) is 33.9 Å². The topological polar surface area (TPSA) is 75.4 Å². The summed E-state index contributed by atoms with van der Waals surface area (Å²) in [6.45, 7) is 4.55. The van der Waals surface area contributed by atoms with E-state index in [4.69, 9.17) is 13.9 Å². The molecule has 29 heavy (non-hydrogen) atoms. The van der Waals surface area contributed by atoms with Crippen molar-refractivity contribution in [2.45, 2.75) is 38.9 Å².